The van der Waals surface area contributed by atoms with Crippen molar-refractivity contribution in [3.8, 4) is 44.5 Å². The quantitative estimate of drug-likeness (QED) is 0.179. The lowest BCUT2D eigenvalue weighted by atomic mass is 10.0. The van der Waals surface area contributed by atoms with Crippen LogP contribution in [0, 0.1) is 0 Å². The summed E-state index contributed by atoms with van der Waals surface area (Å²) in [5.41, 5.74) is 22.0. The molecule has 2 N–H and O–H groups in total. The Morgan fingerprint density at radius 1 is 0.294 bits per heavy atom. The van der Waals surface area contributed by atoms with E-state index in [0.717, 1.165) is 112 Å². The molecule has 4 nitrogen and oxygen atoms in total. The van der Waals surface area contributed by atoms with Gasteiger partial charge in [0.2, 0.25) is 0 Å². The van der Waals surface area contributed by atoms with Crippen molar-refractivity contribution in [2.24, 2.45) is 0 Å². The molecule has 0 saturated heterocycles. The molecule has 68 heavy (non-hydrogen) atoms. The van der Waals surface area contributed by atoms with Crippen molar-refractivity contribution in [1.29, 1.82) is 0 Å². The van der Waals surface area contributed by atoms with Crippen LogP contribution in [0.2, 0.25) is 0 Å². The summed E-state index contributed by atoms with van der Waals surface area (Å²) in [7, 11) is 1.24. The Hall–Kier alpha value is -3.20. The first kappa shape index (κ1) is 55.7. The molecule has 12 heteroatoms. The molecule has 4 aromatic carbocycles. The van der Waals surface area contributed by atoms with Crippen LogP contribution in [0.4, 0.5) is 0 Å². The van der Waals surface area contributed by atoms with Crippen LogP contribution >= 0.6 is 0 Å². The minimum absolute atomic E-state index is 0. The molecule has 0 saturated carbocycles. The van der Waals surface area contributed by atoms with Gasteiger partial charge >= 0.3 is 0 Å². The molecule has 8 bridgehead atoms. The van der Waals surface area contributed by atoms with Crippen molar-refractivity contribution in [3.63, 3.8) is 0 Å². The van der Waals surface area contributed by atoms with Gasteiger partial charge in [-0.2, -0.15) is 0 Å². The average molecular weight is 1230 g/mol. The SMILES string of the molecule is C[S+](C)Cc1ccc(-c2c3nc(c(-c4ccc(C[S+](C)C)cc4)c4ccc([nH]4)c(-c4ccc(C[S+](C)C)cc4)c4nc(c(-c5ccc(C[S+](C)C)cc5)c5ccc2[nH]5)C=C4)C=C3)cc1.[Br-].[Br-].[Br-].[Br-]. The zero-order valence-electron chi connectivity index (χ0n) is 39.7. The molecule has 0 spiro atoms. The van der Waals surface area contributed by atoms with Crippen LogP contribution in [0.5, 0.6) is 0 Å². The zero-order chi connectivity index (χ0) is 44.5. The Morgan fingerprint density at radius 2 is 0.485 bits per heavy atom. The van der Waals surface area contributed by atoms with Crippen molar-refractivity contribution in [3.05, 3.63) is 166 Å². The summed E-state index contributed by atoms with van der Waals surface area (Å²) in [6.07, 6.45) is 27.2. The maximum Gasteiger partial charge on any atom is 0.132 e. The van der Waals surface area contributed by atoms with E-state index in [2.05, 4.69) is 206 Å². The first-order valence-corrected chi connectivity index (χ1v) is 30.5. The number of aromatic nitrogens is 4. The average Bonchev–Trinajstić information content (AvgIpc) is 4.11. The third kappa shape index (κ3) is 12.8. The summed E-state index contributed by atoms with van der Waals surface area (Å²) in [6.45, 7) is 0. The fourth-order valence-corrected chi connectivity index (χ4v) is 12.3. The van der Waals surface area contributed by atoms with E-state index in [-0.39, 0.29) is 67.9 Å². The van der Waals surface area contributed by atoms with Gasteiger partial charge in [0.25, 0.3) is 0 Å². The van der Waals surface area contributed by atoms with Crippen LogP contribution in [-0.4, -0.2) is 70.0 Å². The number of benzene rings is 4. The van der Waals surface area contributed by atoms with Crippen molar-refractivity contribution < 1.29 is 67.9 Å². The normalized spacial score (nSPS) is 11.7. The molecule has 5 heterocycles. The van der Waals surface area contributed by atoms with Gasteiger partial charge in [-0.1, -0.05) is 97.1 Å². The van der Waals surface area contributed by atoms with Crippen LogP contribution in [0.1, 0.15) is 45.0 Å². The highest BCUT2D eigenvalue weighted by Crippen LogP contribution is 2.39. The lowest BCUT2D eigenvalue weighted by Gasteiger charge is -2.08. The smallest absolute Gasteiger partial charge is 0.132 e. The van der Waals surface area contributed by atoms with E-state index < -0.39 is 0 Å². The fraction of sp³-hybridized carbons (Fsp3) is 0.214. The van der Waals surface area contributed by atoms with Crippen molar-refractivity contribution >= 4 is 90.0 Å². The molecular weight excluding hydrogens is 1180 g/mol. The fourth-order valence-electron chi connectivity index (χ4n) is 8.82. The van der Waals surface area contributed by atoms with Gasteiger partial charge in [0.1, 0.15) is 23.0 Å². The molecule has 0 fully saturated rings. The summed E-state index contributed by atoms with van der Waals surface area (Å²) >= 11 is 0. The van der Waals surface area contributed by atoms with Crippen LogP contribution in [-0.2, 0) is 66.6 Å². The van der Waals surface area contributed by atoms with Gasteiger partial charge < -0.3 is 77.9 Å². The first-order chi connectivity index (χ1) is 30.9. The Balaban J connectivity index is 0.00000216. The summed E-state index contributed by atoms with van der Waals surface area (Å²) < 4.78 is 0. The maximum absolute atomic E-state index is 5.56. The molecule has 0 aliphatic carbocycles. The molecule has 2 aliphatic rings. The predicted molar refractivity (Wildman–Crippen MR) is 292 cm³/mol. The molecule has 354 valence electrons. The highest BCUT2D eigenvalue weighted by Gasteiger charge is 2.20. The Morgan fingerprint density at radius 3 is 0.662 bits per heavy atom. The Kier molecular flexibility index (Phi) is 20.3. The number of nitrogens with one attached hydrogen (secondary N) is 2. The lowest BCUT2D eigenvalue weighted by molar-refractivity contribution is -0.00100. The highest BCUT2D eigenvalue weighted by molar-refractivity contribution is 7.95. The number of fused-ring (bicyclic) bond motifs is 8. The van der Waals surface area contributed by atoms with Crippen LogP contribution < -0.4 is 67.9 Å². The second kappa shape index (κ2) is 24.8. The summed E-state index contributed by atoms with van der Waals surface area (Å²) in [5.74, 6) is 4.28. The second-order valence-electron chi connectivity index (χ2n) is 17.8. The molecule has 0 unspecified atom stereocenters. The molecule has 2 aliphatic heterocycles. The third-order valence-corrected chi connectivity index (χ3v) is 15.2. The van der Waals surface area contributed by atoms with Crippen molar-refractivity contribution in [1.82, 2.24) is 19.9 Å². The standard InChI is InChI=1S/C56H58N4S4.4BrH/c1-61(2)33-37-9-17-41(18-10-37)53-45-25-27-47(57-45)54(42-19-11-38(12-20-42)34-62(3)4)49-29-31-51(59-49)56(44-23-15-40(16-24-44)36-64(7)8)52-32-30-50(60-52)55(48-28-26-46(53)58-48)43-21-13-39(14-22-43)35-63(5)6;;;;/h9-32,57,60H,33-36H2,1-8H3;4*1H/q+4;;;;/p-4. The van der Waals surface area contributed by atoms with Gasteiger partial charge in [0.05, 0.1) is 72.8 Å². The minimum Gasteiger partial charge on any atom is -1.00 e. The maximum atomic E-state index is 5.56. The van der Waals surface area contributed by atoms with Gasteiger partial charge in [0.15, 0.2) is 0 Å². The van der Waals surface area contributed by atoms with E-state index in [1.165, 1.54) is 22.3 Å². The molecule has 0 amide bonds. The van der Waals surface area contributed by atoms with Gasteiger partial charge in [-0.25, -0.2) is 9.97 Å². The van der Waals surface area contributed by atoms with E-state index in [1.807, 2.05) is 0 Å². The molecule has 3 aromatic heterocycles. The topological polar surface area (TPSA) is 57.4 Å². The van der Waals surface area contributed by atoms with Crippen molar-refractivity contribution in [2.75, 3.05) is 50.0 Å². The van der Waals surface area contributed by atoms with Gasteiger partial charge in [-0.3, -0.25) is 0 Å². The predicted octanol–water partition coefficient (Wildman–Crippen LogP) is 0.851. The number of rotatable bonds is 12. The molecular formula is C56H58Br4N4S4. The van der Waals surface area contributed by atoms with Crippen LogP contribution in [0.3, 0.4) is 0 Å². The van der Waals surface area contributed by atoms with Gasteiger partial charge in [-0.15, -0.1) is 0 Å². The molecule has 7 aromatic rings. The number of aromatic amines is 2. The zero-order valence-corrected chi connectivity index (χ0v) is 49.3. The van der Waals surface area contributed by atoms with Gasteiger partial charge in [-0.05, 0) is 114 Å². The number of hydrogen-bond acceptors (Lipinski definition) is 2. The first-order valence-electron chi connectivity index (χ1n) is 21.7. The van der Waals surface area contributed by atoms with Gasteiger partial charge in [0, 0.05) is 66.6 Å². The summed E-state index contributed by atoms with van der Waals surface area (Å²) in [6, 6.07) is 45.4. The summed E-state index contributed by atoms with van der Waals surface area (Å²) in [5, 5.41) is 0. The molecule has 9 rings (SSSR count). The second-order valence-corrected chi connectivity index (χ2v) is 26.8. The number of hydrogen-bond donors (Lipinski definition) is 2. The molecule has 0 radical (unpaired) electrons. The van der Waals surface area contributed by atoms with E-state index >= 15 is 0 Å². The van der Waals surface area contributed by atoms with E-state index in [4.69, 9.17) is 9.97 Å². The van der Waals surface area contributed by atoms with E-state index in [0.29, 0.717) is 43.6 Å². The third-order valence-electron chi connectivity index (χ3n) is 11.5. The lowest BCUT2D eigenvalue weighted by Crippen LogP contribution is -3.00. The number of nitrogens with zero attached hydrogens (tertiary/aromatic N) is 2. The molecule has 0 atom stereocenters. The number of H-pyrrole nitrogens is 2. The monoisotopic (exact) mass is 1230 g/mol. The Labute approximate surface area is 457 Å². The van der Waals surface area contributed by atoms with Crippen molar-refractivity contribution in [2.45, 2.75) is 23.0 Å². The Bertz CT molecular complexity index is 2640. The summed E-state index contributed by atoms with van der Waals surface area (Å²) in [4.78, 5) is 19.0. The van der Waals surface area contributed by atoms with E-state index in [1.54, 1.807) is 0 Å². The van der Waals surface area contributed by atoms with Crippen LogP contribution in [0.15, 0.2) is 121 Å². The number of halogens is 4. The highest BCUT2D eigenvalue weighted by atomic mass is 79.9. The van der Waals surface area contributed by atoms with E-state index in [9.17, 15) is 0 Å². The minimum atomic E-state index is 0. The largest absolute Gasteiger partial charge is 1.00 e. The van der Waals surface area contributed by atoms with Crippen LogP contribution in [0.25, 0.3) is 90.9 Å².